The van der Waals surface area contributed by atoms with E-state index in [1.165, 1.54) is 47.6 Å². The first-order valence-electron chi connectivity index (χ1n) is 14.9. The van der Waals surface area contributed by atoms with Crippen LogP contribution in [0.15, 0.2) is 54.6 Å². The maximum absolute atomic E-state index is 5.66. The molecule has 2 aliphatic carbocycles. The highest BCUT2D eigenvalue weighted by Gasteiger charge is 2.63. The topological polar surface area (TPSA) is 32.3 Å². The number of para-hydroxylation sites is 2. The normalized spacial score (nSPS) is 29.8. The van der Waals surface area contributed by atoms with E-state index in [1.54, 1.807) is 0 Å². The number of fused-ring (bicyclic) bond motifs is 8. The Morgan fingerprint density at radius 1 is 0.763 bits per heavy atom. The highest BCUT2D eigenvalue weighted by Crippen LogP contribution is 2.67. The third kappa shape index (κ3) is 3.03. The van der Waals surface area contributed by atoms with Gasteiger partial charge in [-0.15, -0.1) is 0 Å². The first-order valence-corrected chi connectivity index (χ1v) is 14.9. The maximum atomic E-state index is 5.66. The van der Waals surface area contributed by atoms with Crippen LogP contribution in [-0.4, -0.2) is 16.1 Å². The average molecular weight is 507 g/mol. The van der Waals surface area contributed by atoms with Crippen LogP contribution in [0.3, 0.4) is 0 Å². The number of nitrogens with zero attached hydrogens (tertiary/aromatic N) is 4. The number of benzene rings is 2. The van der Waals surface area contributed by atoms with Crippen LogP contribution in [0.1, 0.15) is 103 Å². The monoisotopic (exact) mass is 506 g/mol. The Hall–Kier alpha value is -2.88. The van der Waals surface area contributed by atoms with E-state index in [0.717, 1.165) is 30.9 Å². The molecular formula is C34H42N4. The van der Waals surface area contributed by atoms with Crippen molar-refractivity contribution in [2.75, 3.05) is 9.80 Å². The summed E-state index contributed by atoms with van der Waals surface area (Å²) < 4.78 is 0. The van der Waals surface area contributed by atoms with Crippen molar-refractivity contribution < 1.29 is 0 Å². The van der Waals surface area contributed by atoms with Crippen molar-refractivity contribution in [1.29, 1.82) is 0 Å². The standard InChI is InChI=1S/C34H42N4/c1-7-23-24-16-12-13-17-26(24)38-30-29(35-27-28(36-30)33(5,6)21-20-32(27,3)4)37(22-14-10-9-11-15-22)31(38)34(8-2)19-18-25(23)34/h9-17,23,25,31H,7-8,18-21H2,1-6H3. The highest BCUT2D eigenvalue weighted by molar-refractivity contribution is 5.86. The first-order chi connectivity index (χ1) is 18.2. The fraction of sp³-hybridized carbons (Fsp3) is 0.529. The molecule has 0 radical (unpaired) electrons. The first kappa shape index (κ1) is 24.2. The molecule has 0 bridgehead atoms. The number of aromatic nitrogens is 2. The van der Waals surface area contributed by atoms with E-state index in [0.29, 0.717) is 11.8 Å². The van der Waals surface area contributed by atoms with Crippen LogP contribution in [0.25, 0.3) is 0 Å². The van der Waals surface area contributed by atoms with Gasteiger partial charge < -0.3 is 9.80 Å². The third-order valence-corrected chi connectivity index (χ3v) is 10.8. The molecule has 2 aromatic carbocycles. The summed E-state index contributed by atoms with van der Waals surface area (Å²) in [7, 11) is 0. The van der Waals surface area contributed by atoms with Gasteiger partial charge in [0.2, 0.25) is 0 Å². The van der Waals surface area contributed by atoms with Crippen LogP contribution in [0, 0.1) is 11.3 Å². The van der Waals surface area contributed by atoms with Gasteiger partial charge in [-0.3, -0.25) is 0 Å². The summed E-state index contributed by atoms with van der Waals surface area (Å²) in [6, 6.07) is 20.2. The van der Waals surface area contributed by atoms with Gasteiger partial charge in [-0.05, 0) is 74.1 Å². The molecule has 1 fully saturated rings. The van der Waals surface area contributed by atoms with Crippen LogP contribution in [0.2, 0.25) is 0 Å². The summed E-state index contributed by atoms with van der Waals surface area (Å²) >= 11 is 0. The van der Waals surface area contributed by atoms with Gasteiger partial charge >= 0.3 is 0 Å². The van der Waals surface area contributed by atoms with Crippen molar-refractivity contribution >= 4 is 23.0 Å². The van der Waals surface area contributed by atoms with Crippen molar-refractivity contribution in [1.82, 2.24) is 9.97 Å². The van der Waals surface area contributed by atoms with Gasteiger partial charge in [-0.25, -0.2) is 9.97 Å². The van der Waals surface area contributed by atoms with Crippen molar-refractivity contribution in [3.05, 3.63) is 71.5 Å². The smallest absolute Gasteiger partial charge is 0.179 e. The fourth-order valence-corrected chi connectivity index (χ4v) is 8.47. The molecule has 2 aliphatic heterocycles. The molecule has 1 saturated carbocycles. The Morgan fingerprint density at radius 2 is 1.37 bits per heavy atom. The molecule has 4 nitrogen and oxygen atoms in total. The predicted molar refractivity (Wildman–Crippen MR) is 157 cm³/mol. The van der Waals surface area contributed by atoms with Gasteiger partial charge in [0.25, 0.3) is 0 Å². The zero-order valence-electron chi connectivity index (χ0n) is 24.0. The second kappa shape index (κ2) is 8.07. The van der Waals surface area contributed by atoms with Gasteiger partial charge in [0, 0.05) is 27.6 Å². The second-order valence-corrected chi connectivity index (χ2v) is 13.6. The van der Waals surface area contributed by atoms with E-state index >= 15 is 0 Å². The highest BCUT2D eigenvalue weighted by atomic mass is 15.5. The Labute approximate surface area is 228 Å². The largest absolute Gasteiger partial charge is 0.301 e. The molecule has 7 rings (SSSR count). The molecule has 0 spiro atoms. The molecule has 3 heterocycles. The molecule has 3 aromatic rings. The third-order valence-electron chi connectivity index (χ3n) is 10.8. The lowest BCUT2D eigenvalue weighted by Crippen LogP contribution is -2.59. The molecule has 0 saturated heterocycles. The quantitative estimate of drug-likeness (QED) is 0.355. The SMILES string of the molecule is CCC1c2ccccc2N2c3nc4c(nc3N(c3ccccc3)C2C2(CC)CCC12)C(C)(C)CCC4(C)C. The van der Waals surface area contributed by atoms with E-state index in [-0.39, 0.29) is 22.4 Å². The number of hydrogen-bond acceptors (Lipinski definition) is 4. The van der Waals surface area contributed by atoms with E-state index in [1.807, 2.05) is 0 Å². The van der Waals surface area contributed by atoms with Crippen LogP contribution < -0.4 is 9.80 Å². The molecule has 4 unspecified atom stereocenters. The minimum atomic E-state index is 0.0152. The van der Waals surface area contributed by atoms with Crippen molar-refractivity contribution in [3.63, 3.8) is 0 Å². The lowest BCUT2D eigenvalue weighted by Gasteiger charge is -2.57. The van der Waals surface area contributed by atoms with Crippen LogP contribution >= 0.6 is 0 Å². The zero-order valence-corrected chi connectivity index (χ0v) is 24.0. The molecule has 4 heteroatoms. The molecule has 38 heavy (non-hydrogen) atoms. The second-order valence-electron chi connectivity index (χ2n) is 13.6. The van der Waals surface area contributed by atoms with Crippen LogP contribution in [-0.2, 0) is 10.8 Å². The number of hydrogen-bond donors (Lipinski definition) is 0. The van der Waals surface area contributed by atoms with Crippen molar-refractivity contribution in [2.24, 2.45) is 11.3 Å². The molecule has 4 atom stereocenters. The Kier molecular flexibility index (Phi) is 5.13. The van der Waals surface area contributed by atoms with Gasteiger partial charge in [0.05, 0.1) is 11.4 Å². The molecule has 4 aliphatic rings. The molecule has 0 N–H and O–H groups in total. The average Bonchev–Trinajstić information content (AvgIpc) is 3.21. The van der Waals surface area contributed by atoms with E-state index in [9.17, 15) is 0 Å². The van der Waals surface area contributed by atoms with Gasteiger partial charge in [-0.2, -0.15) is 0 Å². The van der Waals surface area contributed by atoms with Crippen molar-refractivity contribution in [2.45, 2.75) is 103 Å². The Balaban J connectivity index is 1.57. The van der Waals surface area contributed by atoms with E-state index in [4.69, 9.17) is 9.97 Å². The van der Waals surface area contributed by atoms with Crippen LogP contribution in [0.4, 0.5) is 23.0 Å². The van der Waals surface area contributed by atoms with Crippen LogP contribution in [0.5, 0.6) is 0 Å². The summed E-state index contributed by atoms with van der Waals surface area (Å²) in [6.07, 6.45) is 7.37. The summed E-state index contributed by atoms with van der Waals surface area (Å²) in [5.41, 5.74) is 6.68. The summed E-state index contributed by atoms with van der Waals surface area (Å²) in [6.45, 7) is 14.3. The van der Waals surface area contributed by atoms with Gasteiger partial charge in [0.15, 0.2) is 11.6 Å². The number of rotatable bonds is 3. The lowest BCUT2D eigenvalue weighted by molar-refractivity contribution is -0.0137. The predicted octanol–water partition coefficient (Wildman–Crippen LogP) is 8.76. The van der Waals surface area contributed by atoms with Gasteiger partial charge in [0.1, 0.15) is 6.17 Å². The maximum Gasteiger partial charge on any atom is 0.179 e. The van der Waals surface area contributed by atoms with Gasteiger partial charge in [-0.1, -0.05) is 77.9 Å². The van der Waals surface area contributed by atoms with E-state index in [2.05, 4.69) is 106 Å². The summed E-state index contributed by atoms with van der Waals surface area (Å²) in [4.78, 5) is 16.5. The molecular weight excluding hydrogens is 464 g/mol. The number of anilines is 4. The minimum absolute atomic E-state index is 0.0152. The zero-order chi connectivity index (χ0) is 26.4. The summed E-state index contributed by atoms with van der Waals surface area (Å²) in [5, 5.41) is 0. The van der Waals surface area contributed by atoms with Crippen molar-refractivity contribution in [3.8, 4) is 0 Å². The van der Waals surface area contributed by atoms with E-state index < -0.39 is 0 Å². The molecule has 0 amide bonds. The Morgan fingerprint density at radius 3 is 1.95 bits per heavy atom. The Bertz CT molecular complexity index is 1390. The lowest BCUT2D eigenvalue weighted by atomic mass is 9.52. The minimum Gasteiger partial charge on any atom is -0.301 e. The molecule has 198 valence electrons. The fourth-order valence-electron chi connectivity index (χ4n) is 8.47. The molecule has 1 aromatic heterocycles. The summed E-state index contributed by atoms with van der Waals surface area (Å²) in [5.74, 6) is 3.35.